The first kappa shape index (κ1) is 14.8. The van der Waals surface area contributed by atoms with Gasteiger partial charge in [-0.1, -0.05) is 12.1 Å². The molecule has 2 amide bonds. The molecule has 20 heavy (non-hydrogen) atoms. The summed E-state index contributed by atoms with van der Waals surface area (Å²) < 4.78 is 5.47. The van der Waals surface area contributed by atoms with Gasteiger partial charge in [0.2, 0.25) is 0 Å². The molecule has 1 aliphatic rings. The van der Waals surface area contributed by atoms with Gasteiger partial charge in [-0.3, -0.25) is 0 Å². The van der Waals surface area contributed by atoms with E-state index in [1.807, 2.05) is 38.1 Å². The summed E-state index contributed by atoms with van der Waals surface area (Å²) >= 11 is 0. The van der Waals surface area contributed by atoms with Crippen molar-refractivity contribution in [1.82, 2.24) is 5.32 Å². The molecule has 0 radical (unpaired) electrons. The fourth-order valence-electron chi connectivity index (χ4n) is 2.31. The maximum Gasteiger partial charge on any atom is 0.319 e. The van der Waals surface area contributed by atoms with Crippen LogP contribution in [0.25, 0.3) is 0 Å². The Morgan fingerprint density at radius 1 is 1.45 bits per heavy atom. The molecule has 0 spiro atoms. The molecule has 3 unspecified atom stereocenters. The van der Waals surface area contributed by atoms with Crippen LogP contribution in [0.3, 0.4) is 0 Å². The molecule has 2 rings (SSSR count). The maximum atomic E-state index is 11.8. The van der Waals surface area contributed by atoms with Gasteiger partial charge >= 0.3 is 6.03 Å². The van der Waals surface area contributed by atoms with Crippen LogP contribution in [-0.4, -0.2) is 25.3 Å². The molecule has 1 aromatic carbocycles. The summed E-state index contributed by atoms with van der Waals surface area (Å²) in [4.78, 5) is 11.8. The number of amides is 2. The molecule has 5 heteroatoms. The summed E-state index contributed by atoms with van der Waals surface area (Å²) in [5, 5.41) is 5.70. The first-order chi connectivity index (χ1) is 9.56. The number of urea groups is 1. The van der Waals surface area contributed by atoms with Gasteiger partial charge in [0.05, 0.1) is 6.10 Å². The first-order valence-corrected chi connectivity index (χ1v) is 7.08. The van der Waals surface area contributed by atoms with E-state index in [0.29, 0.717) is 12.5 Å². The molecule has 1 aromatic rings. The number of anilines is 1. The Hall–Kier alpha value is -1.59. The second kappa shape index (κ2) is 6.72. The second-order valence-corrected chi connectivity index (χ2v) is 5.37. The Labute approximate surface area is 119 Å². The number of rotatable bonds is 4. The molecule has 1 fully saturated rings. The van der Waals surface area contributed by atoms with E-state index in [1.165, 1.54) is 0 Å². The van der Waals surface area contributed by atoms with Crippen molar-refractivity contribution in [2.75, 3.05) is 18.5 Å². The Balaban J connectivity index is 1.79. The van der Waals surface area contributed by atoms with E-state index in [2.05, 4.69) is 10.6 Å². The standard InChI is InChI=1S/C15H23N3O2/c1-10(16)12-3-5-14(6-4-12)18-15(19)17-9-13-7-8-20-11(13)2/h3-6,10-11,13H,7-9,16H2,1-2H3,(H2,17,18,19). The molecular formula is C15H23N3O2. The van der Waals surface area contributed by atoms with Crippen LogP contribution in [0.2, 0.25) is 0 Å². The summed E-state index contributed by atoms with van der Waals surface area (Å²) in [6.07, 6.45) is 1.23. The average Bonchev–Trinajstić information content (AvgIpc) is 2.82. The Morgan fingerprint density at radius 2 is 2.15 bits per heavy atom. The summed E-state index contributed by atoms with van der Waals surface area (Å²) in [6.45, 7) is 5.41. The highest BCUT2D eigenvalue weighted by Crippen LogP contribution is 2.19. The van der Waals surface area contributed by atoms with Crippen molar-refractivity contribution in [2.24, 2.45) is 11.7 Å². The number of hydrogen-bond donors (Lipinski definition) is 3. The van der Waals surface area contributed by atoms with Gasteiger partial charge in [-0.25, -0.2) is 4.79 Å². The van der Waals surface area contributed by atoms with Crippen molar-refractivity contribution in [3.05, 3.63) is 29.8 Å². The molecule has 1 aliphatic heterocycles. The minimum absolute atomic E-state index is 0.00160. The normalized spacial score (nSPS) is 23.4. The fourth-order valence-corrected chi connectivity index (χ4v) is 2.31. The van der Waals surface area contributed by atoms with E-state index < -0.39 is 0 Å². The monoisotopic (exact) mass is 277 g/mol. The highest BCUT2D eigenvalue weighted by molar-refractivity contribution is 5.89. The van der Waals surface area contributed by atoms with Crippen LogP contribution in [0.1, 0.15) is 31.9 Å². The van der Waals surface area contributed by atoms with Crippen LogP contribution >= 0.6 is 0 Å². The third kappa shape index (κ3) is 3.95. The Morgan fingerprint density at radius 3 is 2.70 bits per heavy atom. The Bertz CT molecular complexity index is 445. The third-order valence-corrected chi connectivity index (χ3v) is 3.75. The zero-order valence-corrected chi connectivity index (χ0v) is 12.1. The zero-order chi connectivity index (χ0) is 14.5. The van der Waals surface area contributed by atoms with Crippen molar-refractivity contribution in [3.63, 3.8) is 0 Å². The first-order valence-electron chi connectivity index (χ1n) is 7.08. The van der Waals surface area contributed by atoms with Gasteiger partial charge in [-0.2, -0.15) is 0 Å². The third-order valence-electron chi connectivity index (χ3n) is 3.75. The van der Waals surface area contributed by atoms with Crippen LogP contribution in [0.15, 0.2) is 24.3 Å². The average molecular weight is 277 g/mol. The van der Waals surface area contributed by atoms with Crippen molar-refractivity contribution in [3.8, 4) is 0 Å². The number of carbonyl (C=O) groups excluding carboxylic acids is 1. The number of nitrogens with one attached hydrogen (secondary N) is 2. The molecule has 1 saturated heterocycles. The van der Waals surface area contributed by atoms with Gasteiger partial charge in [-0.05, 0) is 38.0 Å². The van der Waals surface area contributed by atoms with E-state index in [4.69, 9.17) is 10.5 Å². The smallest absolute Gasteiger partial charge is 0.319 e. The molecule has 0 aliphatic carbocycles. The second-order valence-electron chi connectivity index (χ2n) is 5.37. The van der Waals surface area contributed by atoms with Crippen molar-refractivity contribution >= 4 is 11.7 Å². The highest BCUT2D eigenvalue weighted by Gasteiger charge is 2.24. The van der Waals surface area contributed by atoms with Gasteiger partial charge in [0.25, 0.3) is 0 Å². The van der Waals surface area contributed by atoms with E-state index in [0.717, 1.165) is 24.3 Å². The van der Waals surface area contributed by atoms with E-state index in [9.17, 15) is 4.79 Å². The fraction of sp³-hybridized carbons (Fsp3) is 0.533. The number of hydrogen-bond acceptors (Lipinski definition) is 3. The topological polar surface area (TPSA) is 76.4 Å². The molecule has 1 heterocycles. The summed E-state index contributed by atoms with van der Waals surface area (Å²) in [5.74, 6) is 0.404. The van der Waals surface area contributed by atoms with E-state index in [1.54, 1.807) is 0 Å². The van der Waals surface area contributed by atoms with Crippen LogP contribution in [0.5, 0.6) is 0 Å². The lowest BCUT2D eigenvalue weighted by Crippen LogP contribution is -2.35. The van der Waals surface area contributed by atoms with Gasteiger partial charge in [-0.15, -0.1) is 0 Å². The highest BCUT2D eigenvalue weighted by atomic mass is 16.5. The van der Waals surface area contributed by atoms with Gasteiger partial charge in [0.1, 0.15) is 0 Å². The van der Waals surface area contributed by atoms with Gasteiger partial charge < -0.3 is 21.1 Å². The molecule has 110 valence electrons. The summed E-state index contributed by atoms with van der Waals surface area (Å²) in [7, 11) is 0. The number of nitrogens with two attached hydrogens (primary N) is 1. The van der Waals surface area contributed by atoms with Gasteiger partial charge in [0.15, 0.2) is 0 Å². The molecule has 0 bridgehead atoms. The SMILES string of the molecule is CC(N)c1ccc(NC(=O)NCC2CCOC2C)cc1. The molecule has 0 saturated carbocycles. The van der Waals surface area contributed by atoms with E-state index >= 15 is 0 Å². The number of ether oxygens (including phenoxy) is 1. The zero-order valence-electron chi connectivity index (χ0n) is 12.1. The summed E-state index contributed by atoms with van der Waals surface area (Å²) in [6, 6.07) is 7.39. The summed E-state index contributed by atoms with van der Waals surface area (Å²) in [5.41, 5.74) is 7.60. The lowest BCUT2D eigenvalue weighted by Gasteiger charge is -2.15. The van der Waals surface area contributed by atoms with Crippen LogP contribution in [-0.2, 0) is 4.74 Å². The Kier molecular flexibility index (Phi) is 4.98. The van der Waals surface area contributed by atoms with Crippen molar-refractivity contribution in [1.29, 1.82) is 0 Å². The minimum atomic E-state index is -0.183. The van der Waals surface area contributed by atoms with Crippen LogP contribution in [0.4, 0.5) is 10.5 Å². The quantitative estimate of drug-likeness (QED) is 0.790. The lowest BCUT2D eigenvalue weighted by molar-refractivity contribution is 0.106. The maximum absolute atomic E-state index is 11.8. The molecular weight excluding hydrogens is 254 g/mol. The molecule has 4 N–H and O–H groups in total. The molecule has 5 nitrogen and oxygen atoms in total. The van der Waals surface area contributed by atoms with Crippen molar-refractivity contribution in [2.45, 2.75) is 32.4 Å². The van der Waals surface area contributed by atoms with Crippen LogP contribution < -0.4 is 16.4 Å². The molecule has 3 atom stereocenters. The largest absolute Gasteiger partial charge is 0.378 e. The van der Waals surface area contributed by atoms with Crippen molar-refractivity contribution < 1.29 is 9.53 Å². The molecule has 0 aromatic heterocycles. The van der Waals surface area contributed by atoms with E-state index in [-0.39, 0.29) is 18.2 Å². The van der Waals surface area contributed by atoms with Gasteiger partial charge in [0, 0.05) is 30.8 Å². The predicted molar refractivity (Wildman–Crippen MR) is 79.6 cm³/mol. The van der Waals surface area contributed by atoms with Crippen LogP contribution in [0, 0.1) is 5.92 Å². The lowest BCUT2D eigenvalue weighted by atomic mass is 10.0. The predicted octanol–water partition coefficient (Wildman–Crippen LogP) is 2.25. The number of benzene rings is 1. The minimum Gasteiger partial charge on any atom is -0.378 e. The number of carbonyl (C=O) groups is 1.